The maximum Gasteiger partial charge on any atom is 0.244 e. The van der Waals surface area contributed by atoms with Crippen LogP contribution in [0.2, 0.25) is 0 Å². The summed E-state index contributed by atoms with van der Waals surface area (Å²) in [4.78, 5) is 74.6. The topological polar surface area (TPSA) is 265 Å². The molecule has 1 aliphatic rings. The smallest absolute Gasteiger partial charge is 0.244 e. The number of hydroxylamine groups is 1. The molecule has 0 aliphatic carbocycles. The highest BCUT2D eigenvalue weighted by Crippen LogP contribution is 2.20. The van der Waals surface area contributed by atoms with Gasteiger partial charge in [-0.2, -0.15) is 0 Å². The fourth-order valence-electron chi connectivity index (χ4n) is 4.85. The molecule has 7 atom stereocenters. The lowest BCUT2D eigenvalue weighted by molar-refractivity contribution is -0.203. The second-order valence-corrected chi connectivity index (χ2v) is 11.4. The Kier molecular flexibility index (Phi) is 15.5. The molecule has 1 aliphatic heterocycles. The quantitative estimate of drug-likeness (QED) is 0.0620. The first-order valence-corrected chi connectivity index (χ1v) is 14.8. The summed E-state index contributed by atoms with van der Waals surface area (Å²) >= 11 is 0. The minimum atomic E-state index is -1.58. The van der Waals surface area contributed by atoms with Crippen LogP contribution < -0.4 is 32.1 Å². The third-order valence-corrected chi connectivity index (χ3v) is 7.07. The van der Waals surface area contributed by atoms with Crippen LogP contribution in [0.25, 0.3) is 0 Å². The van der Waals surface area contributed by atoms with Gasteiger partial charge in [-0.05, 0) is 17.9 Å². The van der Waals surface area contributed by atoms with E-state index in [2.05, 4.69) is 26.6 Å². The molecule has 6 amide bonds. The van der Waals surface area contributed by atoms with Crippen LogP contribution >= 0.6 is 0 Å². The molecule has 0 bridgehead atoms. The van der Waals surface area contributed by atoms with Crippen LogP contribution in [0, 0.1) is 11.8 Å². The van der Waals surface area contributed by atoms with Crippen molar-refractivity contribution in [2.75, 3.05) is 19.7 Å². The molecule has 1 saturated heterocycles. The Morgan fingerprint density at radius 3 is 2.11 bits per heavy atom. The molecule has 1 fully saturated rings. The van der Waals surface area contributed by atoms with E-state index in [1.807, 2.05) is 13.8 Å². The standard InChI is InChI=1S/C29H44N6O11/c1-15(2)9-18(11-21(38)35-45)27(43)33-19(10-17-7-5-4-6-8-17)28(44)31-12-22(39)30-13-23(40)34-29-24(32-16(3)37)26(42)25(41)20(14-36)46-29/h4-8,15,18-20,24-26,29,36,41-42,45H,9-14H2,1-3H3,(H,30,39)(H,31,44)(H,32,37)(H,33,43)(H,34,40)(H,35,38)/t18-,19+,20-,24-,25-,26-,29?/m1/s1. The molecule has 1 aromatic rings. The minimum Gasteiger partial charge on any atom is -0.394 e. The van der Waals surface area contributed by atoms with Crippen molar-refractivity contribution in [1.82, 2.24) is 32.1 Å². The highest BCUT2D eigenvalue weighted by molar-refractivity contribution is 5.93. The van der Waals surface area contributed by atoms with Crippen molar-refractivity contribution >= 4 is 35.4 Å². The van der Waals surface area contributed by atoms with Crippen molar-refractivity contribution in [2.45, 2.75) is 76.7 Å². The summed E-state index contributed by atoms with van der Waals surface area (Å²) in [7, 11) is 0. The van der Waals surface area contributed by atoms with E-state index in [4.69, 9.17) is 9.94 Å². The molecule has 256 valence electrons. The van der Waals surface area contributed by atoms with Gasteiger partial charge in [-0.3, -0.25) is 34.0 Å². The van der Waals surface area contributed by atoms with Gasteiger partial charge in [0.25, 0.3) is 0 Å². The van der Waals surface area contributed by atoms with E-state index in [-0.39, 0.29) is 18.8 Å². The Balaban J connectivity index is 2.00. The van der Waals surface area contributed by atoms with Crippen molar-refractivity contribution in [3.8, 4) is 0 Å². The number of ether oxygens (including phenoxy) is 1. The number of aliphatic hydroxyl groups is 3. The molecule has 0 aromatic heterocycles. The van der Waals surface area contributed by atoms with Crippen LogP contribution in [0.4, 0.5) is 0 Å². The molecule has 0 spiro atoms. The van der Waals surface area contributed by atoms with Gasteiger partial charge in [0.05, 0.1) is 19.7 Å². The van der Waals surface area contributed by atoms with Gasteiger partial charge in [0, 0.05) is 25.7 Å². The van der Waals surface area contributed by atoms with Gasteiger partial charge in [-0.15, -0.1) is 0 Å². The Morgan fingerprint density at radius 1 is 0.870 bits per heavy atom. The largest absolute Gasteiger partial charge is 0.394 e. The van der Waals surface area contributed by atoms with Crippen LogP contribution in [-0.2, 0) is 39.9 Å². The molecule has 17 heteroatoms. The maximum atomic E-state index is 13.1. The van der Waals surface area contributed by atoms with E-state index >= 15 is 0 Å². The molecular formula is C29H44N6O11. The first-order valence-electron chi connectivity index (χ1n) is 14.8. The van der Waals surface area contributed by atoms with Crippen molar-refractivity contribution < 1.29 is 54.0 Å². The van der Waals surface area contributed by atoms with Crippen LogP contribution in [0.3, 0.4) is 0 Å². The zero-order chi connectivity index (χ0) is 34.4. The summed E-state index contributed by atoms with van der Waals surface area (Å²) in [6.07, 6.45) is -5.67. The lowest BCUT2D eigenvalue weighted by Gasteiger charge is -2.42. The van der Waals surface area contributed by atoms with E-state index < -0.39 is 97.7 Å². The molecule has 46 heavy (non-hydrogen) atoms. The third-order valence-electron chi connectivity index (χ3n) is 7.07. The average Bonchev–Trinajstić information content (AvgIpc) is 3.01. The van der Waals surface area contributed by atoms with Gasteiger partial charge in [-0.25, -0.2) is 5.48 Å². The summed E-state index contributed by atoms with van der Waals surface area (Å²) in [6, 6.07) is 6.38. The average molecular weight is 653 g/mol. The molecule has 1 aromatic carbocycles. The molecule has 0 radical (unpaired) electrons. The van der Waals surface area contributed by atoms with Crippen LogP contribution in [0.15, 0.2) is 30.3 Å². The number of benzene rings is 1. The number of aliphatic hydroxyl groups excluding tert-OH is 3. The number of hydrogen-bond acceptors (Lipinski definition) is 11. The Hall–Kier alpha value is -4.16. The number of rotatable bonds is 16. The molecule has 1 unspecified atom stereocenters. The number of hydrogen-bond donors (Lipinski definition) is 10. The summed E-state index contributed by atoms with van der Waals surface area (Å²) in [5.41, 5.74) is 2.22. The lowest BCUT2D eigenvalue weighted by atomic mass is 9.92. The second kappa shape index (κ2) is 18.7. The van der Waals surface area contributed by atoms with Gasteiger partial charge in [0.15, 0.2) is 6.23 Å². The van der Waals surface area contributed by atoms with Crippen molar-refractivity contribution in [1.29, 1.82) is 0 Å². The zero-order valence-corrected chi connectivity index (χ0v) is 25.9. The molecule has 0 saturated carbocycles. The number of carbonyl (C=O) groups is 6. The number of carbonyl (C=O) groups excluding carboxylic acids is 6. The first kappa shape index (κ1) is 38.0. The maximum absolute atomic E-state index is 13.1. The fraction of sp³-hybridized carbons (Fsp3) is 0.586. The molecular weight excluding hydrogens is 608 g/mol. The van der Waals surface area contributed by atoms with Gasteiger partial charge in [0.1, 0.15) is 30.4 Å². The van der Waals surface area contributed by atoms with Gasteiger partial charge in [0.2, 0.25) is 35.4 Å². The van der Waals surface area contributed by atoms with Gasteiger partial charge in [-0.1, -0.05) is 44.2 Å². The highest BCUT2D eigenvalue weighted by atomic mass is 16.5. The predicted molar refractivity (Wildman–Crippen MR) is 159 cm³/mol. The lowest BCUT2D eigenvalue weighted by Crippen LogP contribution is -2.68. The van der Waals surface area contributed by atoms with E-state index in [0.717, 1.165) is 6.92 Å². The monoisotopic (exact) mass is 652 g/mol. The van der Waals surface area contributed by atoms with Gasteiger partial charge >= 0.3 is 0 Å². The third kappa shape index (κ3) is 12.3. The van der Waals surface area contributed by atoms with Crippen LogP contribution in [0.5, 0.6) is 0 Å². The minimum absolute atomic E-state index is 0.0262. The van der Waals surface area contributed by atoms with E-state index in [9.17, 15) is 44.1 Å². The van der Waals surface area contributed by atoms with Crippen molar-refractivity contribution in [2.24, 2.45) is 11.8 Å². The van der Waals surface area contributed by atoms with E-state index in [0.29, 0.717) is 12.0 Å². The fourth-order valence-corrected chi connectivity index (χ4v) is 4.85. The highest BCUT2D eigenvalue weighted by Gasteiger charge is 2.45. The number of amides is 6. The molecule has 10 N–H and O–H groups in total. The van der Waals surface area contributed by atoms with E-state index in [1.54, 1.807) is 30.3 Å². The van der Waals surface area contributed by atoms with Crippen LogP contribution in [0.1, 0.15) is 39.2 Å². The van der Waals surface area contributed by atoms with Gasteiger partial charge < -0.3 is 46.6 Å². The van der Waals surface area contributed by atoms with E-state index in [1.165, 1.54) is 5.48 Å². The molecule has 1 heterocycles. The summed E-state index contributed by atoms with van der Waals surface area (Å²) < 4.78 is 5.41. The van der Waals surface area contributed by atoms with Crippen LogP contribution in [-0.4, -0.2) is 112 Å². The summed E-state index contributed by atoms with van der Waals surface area (Å²) in [5, 5.41) is 50.9. The second-order valence-electron chi connectivity index (χ2n) is 11.4. The Bertz CT molecular complexity index is 1200. The summed E-state index contributed by atoms with van der Waals surface area (Å²) in [6.45, 7) is 3.01. The normalized spacial score (nSPS) is 22.1. The first-order chi connectivity index (χ1) is 21.7. The zero-order valence-electron chi connectivity index (χ0n) is 25.9. The van der Waals surface area contributed by atoms with Crippen molar-refractivity contribution in [3.05, 3.63) is 35.9 Å². The predicted octanol–water partition coefficient (Wildman–Crippen LogP) is -3.44. The SMILES string of the molecule is CC(=O)N[C@H]1C(NC(=O)CNC(=O)CNC(=O)[C@H](Cc2ccccc2)NC(=O)[C@@H](CC(=O)NO)CC(C)C)O[C@H](CO)[C@@H](O)[C@@H]1O. The van der Waals surface area contributed by atoms with Crippen molar-refractivity contribution in [3.63, 3.8) is 0 Å². The Morgan fingerprint density at radius 2 is 1.52 bits per heavy atom. The molecule has 17 nitrogen and oxygen atoms in total. The molecule has 2 rings (SSSR count). The number of nitrogens with one attached hydrogen (secondary N) is 6. The Labute approximate surface area is 265 Å². The summed E-state index contributed by atoms with van der Waals surface area (Å²) in [5.74, 6) is -5.02.